The van der Waals surface area contributed by atoms with Gasteiger partial charge in [0.05, 0.1) is 0 Å². The molecule has 0 radical (unpaired) electrons. The fraction of sp³-hybridized carbons (Fsp3) is 0.562. The minimum absolute atomic E-state index is 0.328. The summed E-state index contributed by atoms with van der Waals surface area (Å²) < 4.78 is 0. The van der Waals surface area contributed by atoms with E-state index >= 15 is 0 Å². The number of carbonyl (C=O) groups excluding carboxylic acids is 2. The maximum Gasteiger partial charge on any atom is 0.312 e. The van der Waals surface area contributed by atoms with Crippen molar-refractivity contribution in [2.45, 2.75) is 19.3 Å². The van der Waals surface area contributed by atoms with Gasteiger partial charge in [0.1, 0.15) is 5.82 Å². The molecule has 0 N–H and O–H groups in total. The monoisotopic (exact) mass is 302 g/mol. The Morgan fingerprint density at radius 1 is 0.818 bits per heavy atom. The molecule has 0 aromatic carbocycles. The third-order valence-electron chi connectivity index (χ3n) is 4.37. The summed E-state index contributed by atoms with van der Waals surface area (Å²) in [5.41, 5.74) is 0. The SMILES string of the molecule is O=C(C(=O)N1CCN(c2ccccn2)CC1)N1CCCCC1. The quantitative estimate of drug-likeness (QED) is 0.718. The molecule has 22 heavy (non-hydrogen) atoms. The highest BCUT2D eigenvalue weighted by atomic mass is 16.2. The average Bonchev–Trinajstić information content (AvgIpc) is 2.62. The smallest absolute Gasteiger partial charge is 0.312 e. The molecule has 1 aromatic heterocycles. The number of amides is 2. The molecule has 2 saturated heterocycles. The number of rotatable bonds is 1. The molecule has 3 heterocycles. The summed E-state index contributed by atoms with van der Waals surface area (Å²) in [4.78, 5) is 34.5. The van der Waals surface area contributed by atoms with Crippen molar-refractivity contribution < 1.29 is 9.59 Å². The molecule has 3 rings (SSSR count). The lowest BCUT2D eigenvalue weighted by Gasteiger charge is -2.36. The largest absolute Gasteiger partial charge is 0.353 e. The zero-order valence-corrected chi connectivity index (χ0v) is 12.8. The highest BCUT2D eigenvalue weighted by Gasteiger charge is 2.30. The molecular weight excluding hydrogens is 280 g/mol. The van der Waals surface area contributed by atoms with Crippen molar-refractivity contribution in [1.82, 2.24) is 14.8 Å². The van der Waals surface area contributed by atoms with Crippen LogP contribution >= 0.6 is 0 Å². The molecule has 0 aliphatic carbocycles. The van der Waals surface area contributed by atoms with Crippen LogP contribution in [0.25, 0.3) is 0 Å². The lowest BCUT2D eigenvalue weighted by Crippen LogP contribution is -2.54. The molecule has 0 bridgehead atoms. The number of aromatic nitrogens is 1. The van der Waals surface area contributed by atoms with E-state index in [9.17, 15) is 9.59 Å². The molecule has 2 fully saturated rings. The first-order chi connectivity index (χ1) is 10.8. The molecule has 0 unspecified atom stereocenters. The summed E-state index contributed by atoms with van der Waals surface area (Å²) >= 11 is 0. The zero-order chi connectivity index (χ0) is 15.4. The highest BCUT2D eigenvalue weighted by Crippen LogP contribution is 2.14. The predicted molar refractivity (Wildman–Crippen MR) is 83.5 cm³/mol. The maximum absolute atomic E-state index is 12.3. The third kappa shape index (κ3) is 3.21. The highest BCUT2D eigenvalue weighted by molar-refractivity contribution is 6.34. The van der Waals surface area contributed by atoms with Crippen LogP contribution in [0, 0.1) is 0 Å². The van der Waals surface area contributed by atoms with E-state index < -0.39 is 0 Å². The molecular formula is C16H22N4O2. The number of anilines is 1. The summed E-state index contributed by atoms with van der Waals surface area (Å²) in [6.07, 6.45) is 4.94. The van der Waals surface area contributed by atoms with Gasteiger partial charge in [0, 0.05) is 45.5 Å². The van der Waals surface area contributed by atoms with Crippen molar-refractivity contribution in [3.05, 3.63) is 24.4 Å². The fourth-order valence-corrected chi connectivity index (χ4v) is 3.05. The third-order valence-corrected chi connectivity index (χ3v) is 4.37. The van der Waals surface area contributed by atoms with Crippen LogP contribution < -0.4 is 4.90 Å². The van der Waals surface area contributed by atoms with Crippen LogP contribution in [0.4, 0.5) is 5.82 Å². The molecule has 118 valence electrons. The van der Waals surface area contributed by atoms with Gasteiger partial charge in [-0.05, 0) is 31.4 Å². The van der Waals surface area contributed by atoms with E-state index in [2.05, 4.69) is 9.88 Å². The second-order valence-corrected chi connectivity index (χ2v) is 5.82. The van der Waals surface area contributed by atoms with Gasteiger partial charge < -0.3 is 14.7 Å². The van der Waals surface area contributed by atoms with Gasteiger partial charge in [0.2, 0.25) is 0 Å². The molecule has 1 aromatic rings. The van der Waals surface area contributed by atoms with Crippen LogP contribution in [0.1, 0.15) is 19.3 Å². The topological polar surface area (TPSA) is 56.8 Å². The van der Waals surface area contributed by atoms with Gasteiger partial charge in [-0.15, -0.1) is 0 Å². The Morgan fingerprint density at radius 3 is 2.05 bits per heavy atom. The van der Waals surface area contributed by atoms with Gasteiger partial charge in [-0.3, -0.25) is 9.59 Å². The van der Waals surface area contributed by atoms with Gasteiger partial charge in [-0.2, -0.15) is 0 Å². The van der Waals surface area contributed by atoms with Crippen LogP contribution in [0.2, 0.25) is 0 Å². The van der Waals surface area contributed by atoms with E-state index in [1.165, 1.54) is 0 Å². The van der Waals surface area contributed by atoms with Gasteiger partial charge in [-0.1, -0.05) is 6.07 Å². The summed E-state index contributed by atoms with van der Waals surface area (Å²) in [6.45, 7) is 4.03. The van der Waals surface area contributed by atoms with Crippen molar-refractivity contribution in [2.75, 3.05) is 44.2 Å². The van der Waals surface area contributed by atoms with E-state index in [-0.39, 0.29) is 11.8 Å². The Hall–Kier alpha value is -2.11. The first-order valence-electron chi connectivity index (χ1n) is 8.00. The first kappa shape index (κ1) is 14.8. The van der Waals surface area contributed by atoms with Crippen molar-refractivity contribution in [3.63, 3.8) is 0 Å². The molecule has 0 saturated carbocycles. The van der Waals surface area contributed by atoms with Gasteiger partial charge >= 0.3 is 11.8 Å². The second kappa shape index (κ2) is 6.77. The second-order valence-electron chi connectivity index (χ2n) is 5.82. The van der Waals surface area contributed by atoms with E-state index in [4.69, 9.17) is 0 Å². The van der Waals surface area contributed by atoms with Crippen molar-refractivity contribution in [2.24, 2.45) is 0 Å². The lowest BCUT2D eigenvalue weighted by molar-refractivity contribution is -0.152. The standard InChI is InChI=1S/C16H22N4O2/c21-15(19-8-4-1-5-9-19)16(22)20-12-10-18(11-13-20)14-6-2-3-7-17-14/h2-3,6-7H,1,4-5,8-13H2. The van der Waals surface area contributed by atoms with Gasteiger partial charge in [0.15, 0.2) is 0 Å². The lowest BCUT2D eigenvalue weighted by atomic mass is 10.1. The number of hydrogen-bond donors (Lipinski definition) is 0. The molecule has 0 atom stereocenters. The molecule has 2 aliphatic heterocycles. The number of hydrogen-bond acceptors (Lipinski definition) is 4. The van der Waals surface area contributed by atoms with E-state index in [1.807, 2.05) is 18.2 Å². The van der Waals surface area contributed by atoms with Crippen molar-refractivity contribution in [3.8, 4) is 0 Å². The number of piperazine rings is 1. The van der Waals surface area contributed by atoms with Crippen LogP contribution in [0.15, 0.2) is 24.4 Å². The van der Waals surface area contributed by atoms with Crippen molar-refractivity contribution in [1.29, 1.82) is 0 Å². The number of nitrogens with zero attached hydrogens (tertiary/aromatic N) is 4. The van der Waals surface area contributed by atoms with Crippen LogP contribution in [0.3, 0.4) is 0 Å². The molecule has 2 aliphatic rings. The van der Waals surface area contributed by atoms with Crippen LogP contribution in [-0.4, -0.2) is 65.9 Å². The zero-order valence-electron chi connectivity index (χ0n) is 12.8. The average molecular weight is 302 g/mol. The number of piperidine rings is 1. The normalized spacial score (nSPS) is 19.2. The molecule has 6 nitrogen and oxygen atoms in total. The fourth-order valence-electron chi connectivity index (χ4n) is 3.05. The van der Waals surface area contributed by atoms with Gasteiger partial charge in [-0.25, -0.2) is 4.98 Å². The van der Waals surface area contributed by atoms with Crippen molar-refractivity contribution >= 4 is 17.6 Å². The molecule has 6 heteroatoms. The molecule has 2 amide bonds. The van der Waals surface area contributed by atoms with E-state index in [0.717, 1.165) is 51.3 Å². The first-order valence-corrected chi connectivity index (χ1v) is 8.00. The number of likely N-dealkylation sites (tertiary alicyclic amines) is 1. The van der Waals surface area contributed by atoms with E-state index in [0.29, 0.717) is 13.1 Å². The maximum atomic E-state index is 12.3. The Balaban J connectivity index is 1.54. The Labute approximate surface area is 130 Å². The summed E-state index contributed by atoms with van der Waals surface area (Å²) in [5.74, 6) is 0.255. The number of carbonyl (C=O) groups is 2. The van der Waals surface area contributed by atoms with Crippen LogP contribution in [0.5, 0.6) is 0 Å². The minimum Gasteiger partial charge on any atom is -0.353 e. The van der Waals surface area contributed by atoms with E-state index in [1.54, 1.807) is 16.0 Å². The Morgan fingerprint density at radius 2 is 1.45 bits per heavy atom. The summed E-state index contributed by atoms with van der Waals surface area (Å²) in [6, 6.07) is 5.82. The summed E-state index contributed by atoms with van der Waals surface area (Å²) in [5, 5.41) is 0. The number of pyridine rings is 1. The predicted octanol–water partition coefficient (Wildman–Crippen LogP) is 0.743. The van der Waals surface area contributed by atoms with Crippen LogP contribution in [-0.2, 0) is 9.59 Å². The minimum atomic E-state index is -0.345. The molecule has 0 spiro atoms. The summed E-state index contributed by atoms with van der Waals surface area (Å²) in [7, 11) is 0. The van der Waals surface area contributed by atoms with Gasteiger partial charge in [0.25, 0.3) is 0 Å². The Kier molecular flexibility index (Phi) is 4.56. The Bertz CT molecular complexity index is 520.